The second-order valence-corrected chi connectivity index (χ2v) is 14.2. The van der Waals surface area contributed by atoms with Crippen molar-refractivity contribution in [2.75, 3.05) is 37.9 Å². The van der Waals surface area contributed by atoms with Gasteiger partial charge in [0.15, 0.2) is 6.29 Å². The summed E-state index contributed by atoms with van der Waals surface area (Å²) in [5.74, 6) is 0.819. The molecular formula is C44H62N8O6. The number of methoxy groups -OCH3 is 2. The fourth-order valence-electron chi connectivity index (χ4n) is 6.55. The van der Waals surface area contributed by atoms with Gasteiger partial charge in [0, 0.05) is 68.0 Å². The number of hydrogen-bond acceptors (Lipinski definition) is 13. The number of unbranched alkanes of at least 4 members (excludes halogenated alkanes) is 3. The third-order valence-electron chi connectivity index (χ3n) is 9.74. The first-order valence-electron chi connectivity index (χ1n) is 20.2. The molecule has 0 amide bonds. The van der Waals surface area contributed by atoms with Gasteiger partial charge < -0.3 is 25.2 Å². The fraction of sp³-hybridized carbons (Fsp3) is 0.523. The fourth-order valence-corrected chi connectivity index (χ4v) is 6.55. The van der Waals surface area contributed by atoms with Gasteiger partial charge in [-0.05, 0) is 99.5 Å². The number of hydrogen-bond donors (Lipinski definition) is 3. The van der Waals surface area contributed by atoms with Gasteiger partial charge in [-0.25, -0.2) is 29.9 Å². The maximum atomic E-state index is 12.5. The molecule has 0 spiro atoms. The van der Waals surface area contributed by atoms with E-state index in [-0.39, 0.29) is 38.1 Å². The highest BCUT2D eigenvalue weighted by atomic mass is 16.5. The van der Waals surface area contributed by atoms with Gasteiger partial charge in [-0.1, -0.05) is 39.3 Å². The van der Waals surface area contributed by atoms with Crippen molar-refractivity contribution < 1.29 is 29.0 Å². The standard InChI is InChI=1S/C23H30N4O4.C14H22N2.C6H6N2O2.CH4/c1-31-23-25-14-18(15-26-23)17(13-21(29)30)12-20(28)8-3-2-7-19-10-9-16-6-4-5-11-24-22(16)27-19;1-2-3-4-8-13-10-9-12-7-5-6-11-15-14(12)16-13;1-10-6-7-2-5(4-9)3-8-6;/h9-10,14-15,17H,2-8,11-13H2,1H3,(H,24,27)(H,29,30);9-10H,2-8,11H2,1H3,(H,15,16);2-4H,1H3;1H4. The quantitative estimate of drug-likeness (QED) is 0.0686. The molecule has 1 atom stereocenters. The SMILES string of the molecule is C.CCCCCc1ccc2c(n1)NCCCC2.COc1ncc(C(CC(=O)O)CC(=O)CCCCc2ccc3c(n2)NCCCC3)cn1.COc1ncc(C=O)cn1. The number of carboxylic acid groups (broad SMARTS) is 1. The molecule has 0 saturated carbocycles. The Hall–Kier alpha value is -5.53. The van der Waals surface area contributed by atoms with E-state index in [9.17, 15) is 19.5 Å². The molecule has 2 aliphatic rings. The van der Waals surface area contributed by atoms with Crippen molar-refractivity contribution in [3.05, 3.63) is 82.7 Å². The van der Waals surface area contributed by atoms with Gasteiger partial charge >= 0.3 is 18.0 Å². The van der Waals surface area contributed by atoms with E-state index < -0.39 is 11.9 Å². The number of anilines is 2. The van der Waals surface area contributed by atoms with Crippen LogP contribution in [-0.2, 0) is 35.3 Å². The van der Waals surface area contributed by atoms with E-state index in [0.29, 0.717) is 23.8 Å². The van der Waals surface area contributed by atoms with Crippen LogP contribution in [0.2, 0.25) is 0 Å². The second-order valence-electron chi connectivity index (χ2n) is 14.2. The highest BCUT2D eigenvalue weighted by Gasteiger charge is 2.20. The Morgan fingerprint density at radius 3 is 1.74 bits per heavy atom. The van der Waals surface area contributed by atoms with Gasteiger partial charge in [0.1, 0.15) is 17.4 Å². The number of nitrogens with one attached hydrogen (secondary N) is 2. The van der Waals surface area contributed by atoms with Crippen molar-refractivity contribution in [2.45, 2.75) is 123 Å². The Labute approximate surface area is 343 Å². The number of ketones is 1. The average Bonchev–Trinajstić information content (AvgIpc) is 3.63. The van der Waals surface area contributed by atoms with Crippen molar-refractivity contribution in [1.82, 2.24) is 29.9 Å². The van der Waals surface area contributed by atoms with Crippen LogP contribution in [0.3, 0.4) is 0 Å². The first-order valence-corrected chi connectivity index (χ1v) is 20.2. The average molecular weight is 799 g/mol. The summed E-state index contributed by atoms with van der Waals surface area (Å²) in [6.07, 6.45) is 21.6. The van der Waals surface area contributed by atoms with Gasteiger partial charge in [-0.15, -0.1) is 0 Å². The molecule has 1 unspecified atom stereocenters. The lowest BCUT2D eigenvalue weighted by atomic mass is 9.91. The molecule has 314 valence electrons. The van der Waals surface area contributed by atoms with E-state index in [1.165, 1.54) is 107 Å². The first kappa shape index (κ1) is 46.8. The van der Waals surface area contributed by atoms with Gasteiger partial charge in [-0.3, -0.25) is 14.4 Å². The van der Waals surface area contributed by atoms with Crippen LogP contribution in [0.25, 0.3) is 0 Å². The summed E-state index contributed by atoms with van der Waals surface area (Å²) in [6.45, 7) is 4.29. The van der Waals surface area contributed by atoms with Crippen LogP contribution in [0, 0.1) is 0 Å². The molecule has 58 heavy (non-hydrogen) atoms. The second kappa shape index (κ2) is 26.4. The summed E-state index contributed by atoms with van der Waals surface area (Å²) in [7, 11) is 2.93. The highest BCUT2D eigenvalue weighted by Crippen LogP contribution is 2.25. The number of carboxylic acids is 1. The van der Waals surface area contributed by atoms with E-state index in [4.69, 9.17) is 14.7 Å². The summed E-state index contributed by atoms with van der Waals surface area (Å²) in [6, 6.07) is 9.20. The van der Waals surface area contributed by atoms with Gasteiger partial charge in [0.25, 0.3) is 0 Å². The van der Waals surface area contributed by atoms with Crippen LogP contribution in [0.5, 0.6) is 12.0 Å². The molecular weight excluding hydrogens is 737 g/mol. The molecule has 4 aromatic heterocycles. The molecule has 4 aromatic rings. The number of aryl methyl sites for hydroxylation is 4. The molecule has 14 heteroatoms. The number of carbonyl (C=O) groups is 3. The Morgan fingerprint density at radius 1 is 0.741 bits per heavy atom. The Kier molecular flexibility index (Phi) is 21.3. The molecule has 0 radical (unpaired) electrons. The molecule has 0 saturated heterocycles. The van der Waals surface area contributed by atoms with Crippen molar-refractivity contribution >= 4 is 29.7 Å². The lowest BCUT2D eigenvalue weighted by Gasteiger charge is -2.14. The molecule has 6 rings (SSSR count). The number of aromatic nitrogens is 6. The molecule has 0 fully saturated rings. The van der Waals surface area contributed by atoms with Gasteiger partial charge in [-0.2, -0.15) is 0 Å². The van der Waals surface area contributed by atoms with Crippen molar-refractivity contribution in [2.24, 2.45) is 0 Å². The Bertz CT molecular complexity index is 1820. The number of pyridine rings is 2. The molecule has 2 aliphatic heterocycles. The number of aldehydes is 1. The van der Waals surface area contributed by atoms with Crippen molar-refractivity contribution in [1.29, 1.82) is 0 Å². The molecule has 0 aromatic carbocycles. The summed E-state index contributed by atoms with van der Waals surface area (Å²) in [5, 5.41) is 16.1. The van der Waals surface area contributed by atoms with Gasteiger partial charge in [0.2, 0.25) is 0 Å². The molecule has 14 nitrogen and oxygen atoms in total. The van der Waals surface area contributed by atoms with Crippen molar-refractivity contribution in [3.63, 3.8) is 0 Å². The van der Waals surface area contributed by atoms with Gasteiger partial charge in [0.05, 0.1) is 26.2 Å². The number of carbonyl (C=O) groups excluding carboxylic acids is 2. The largest absolute Gasteiger partial charge is 0.481 e. The zero-order valence-corrected chi connectivity index (χ0v) is 33.7. The maximum Gasteiger partial charge on any atom is 0.316 e. The Balaban J connectivity index is 0.000000275. The number of aliphatic carboxylic acids is 1. The van der Waals surface area contributed by atoms with Crippen LogP contribution in [0.1, 0.15) is 136 Å². The third-order valence-corrected chi connectivity index (χ3v) is 9.74. The summed E-state index contributed by atoms with van der Waals surface area (Å²) < 4.78 is 9.61. The summed E-state index contributed by atoms with van der Waals surface area (Å²) >= 11 is 0. The predicted octanol–water partition coefficient (Wildman–Crippen LogP) is 8.06. The summed E-state index contributed by atoms with van der Waals surface area (Å²) in [4.78, 5) is 58.8. The zero-order valence-electron chi connectivity index (χ0n) is 33.7. The lowest BCUT2D eigenvalue weighted by Crippen LogP contribution is -2.12. The van der Waals surface area contributed by atoms with Crippen LogP contribution in [0.15, 0.2) is 49.1 Å². The van der Waals surface area contributed by atoms with Crippen molar-refractivity contribution in [3.8, 4) is 12.0 Å². The lowest BCUT2D eigenvalue weighted by molar-refractivity contribution is -0.137. The molecule has 6 heterocycles. The van der Waals surface area contributed by atoms with E-state index in [2.05, 4.69) is 66.5 Å². The topological polar surface area (TPSA) is 191 Å². The minimum Gasteiger partial charge on any atom is -0.481 e. The monoisotopic (exact) mass is 798 g/mol. The molecule has 0 aliphatic carbocycles. The highest BCUT2D eigenvalue weighted by molar-refractivity contribution is 5.80. The van der Waals surface area contributed by atoms with E-state index in [0.717, 1.165) is 62.5 Å². The first-order chi connectivity index (χ1) is 27.8. The number of Topliss-reactive ketones (excluding diaryl/α,β-unsaturated/α-hetero) is 1. The number of fused-ring (bicyclic) bond motifs is 2. The number of rotatable bonds is 17. The molecule has 3 N–H and O–H groups in total. The number of nitrogens with zero attached hydrogens (tertiary/aromatic N) is 6. The normalized spacial score (nSPS) is 13.2. The Morgan fingerprint density at radius 2 is 1.26 bits per heavy atom. The van der Waals surface area contributed by atoms with E-state index in [1.807, 2.05) is 0 Å². The van der Waals surface area contributed by atoms with E-state index in [1.54, 1.807) is 0 Å². The molecule has 0 bridgehead atoms. The minimum atomic E-state index is -0.948. The van der Waals surface area contributed by atoms with Crippen LogP contribution in [0.4, 0.5) is 11.6 Å². The smallest absolute Gasteiger partial charge is 0.316 e. The summed E-state index contributed by atoms with van der Waals surface area (Å²) in [5.41, 5.74) is 6.06. The predicted molar refractivity (Wildman–Crippen MR) is 226 cm³/mol. The zero-order chi connectivity index (χ0) is 40.7. The van der Waals surface area contributed by atoms with Crippen LogP contribution < -0.4 is 20.1 Å². The number of ether oxygens (including phenoxy) is 2. The third kappa shape index (κ3) is 16.5. The van der Waals surface area contributed by atoms with Crippen LogP contribution in [-0.4, -0.2) is 80.4 Å². The minimum absolute atomic E-state index is 0. The van der Waals surface area contributed by atoms with Crippen LogP contribution >= 0.6 is 0 Å². The van der Waals surface area contributed by atoms with E-state index >= 15 is 0 Å². The maximum absolute atomic E-state index is 12.5.